The van der Waals surface area contributed by atoms with Gasteiger partial charge < -0.3 is 10.5 Å². The molecule has 0 fully saturated rings. The van der Waals surface area contributed by atoms with Gasteiger partial charge in [-0.25, -0.2) is 9.38 Å². The van der Waals surface area contributed by atoms with Crippen molar-refractivity contribution in [3.63, 3.8) is 0 Å². The van der Waals surface area contributed by atoms with Crippen LogP contribution in [0.15, 0.2) is 11.1 Å². The van der Waals surface area contributed by atoms with Gasteiger partial charge in [-0.1, -0.05) is 0 Å². The Hall–Kier alpha value is -2.12. The van der Waals surface area contributed by atoms with Gasteiger partial charge in [-0.05, 0) is 37.0 Å². The van der Waals surface area contributed by atoms with Gasteiger partial charge in [0.25, 0.3) is 0 Å². The molecule has 0 heterocycles. The molecule has 114 valence electrons. The minimum absolute atomic E-state index is 0.0326. The topological polar surface area (TPSA) is 64.7 Å². The van der Waals surface area contributed by atoms with E-state index in [1.807, 2.05) is 0 Å². The van der Waals surface area contributed by atoms with Gasteiger partial charge in [-0.2, -0.15) is 0 Å². The molecule has 1 unspecified atom stereocenters. The molecular weight excluding hydrogens is 292 g/mol. The minimum atomic E-state index is -4.85. The lowest BCUT2D eigenvalue weighted by atomic mass is 9.84. The summed E-state index contributed by atoms with van der Waals surface area (Å²) in [6.07, 6.45) is -4.16. The first-order valence-corrected chi connectivity index (χ1v) is 6.08. The van der Waals surface area contributed by atoms with Crippen LogP contribution in [-0.4, -0.2) is 24.6 Å². The predicted octanol–water partition coefficient (Wildman–Crippen LogP) is 2.78. The molecule has 0 saturated carbocycles. The van der Waals surface area contributed by atoms with E-state index >= 15 is 0 Å². The number of nitrogens with zero attached hydrogens (tertiary/aromatic N) is 1. The molecule has 0 saturated heterocycles. The third-order valence-corrected chi connectivity index (χ3v) is 3.33. The maximum Gasteiger partial charge on any atom is 0.573 e. The number of halogens is 4. The van der Waals surface area contributed by atoms with Crippen molar-refractivity contribution in [2.75, 3.05) is 5.73 Å². The normalized spacial score (nSPS) is 18.9. The van der Waals surface area contributed by atoms with E-state index < -0.39 is 24.0 Å². The molecule has 1 atom stereocenters. The number of ketones is 1. The lowest BCUT2D eigenvalue weighted by Gasteiger charge is -2.23. The van der Waals surface area contributed by atoms with Crippen molar-refractivity contribution >= 4 is 17.9 Å². The highest BCUT2D eigenvalue weighted by molar-refractivity contribution is 6.07. The summed E-state index contributed by atoms with van der Waals surface area (Å²) in [6, 6.07) is 0.0247. The van der Waals surface area contributed by atoms with Crippen LogP contribution in [0.4, 0.5) is 23.2 Å². The van der Waals surface area contributed by atoms with Crippen LogP contribution in [-0.2, 0) is 11.2 Å². The van der Waals surface area contributed by atoms with Crippen LogP contribution in [0.1, 0.15) is 27.9 Å². The standard InChI is InChI=1S/C13H12F4N2O2/c1-6-7-2-3-10(19-5-21-13(15,16)17)12(20)11(7)9(18)4-8(6)14/h4-5,10H,2-3,18H2,1H3. The molecule has 1 aliphatic carbocycles. The van der Waals surface area contributed by atoms with E-state index in [1.165, 1.54) is 6.92 Å². The fraction of sp³-hybridized carbons (Fsp3) is 0.385. The number of anilines is 1. The zero-order chi connectivity index (χ0) is 15.8. The number of nitrogen functional groups attached to an aromatic ring is 1. The van der Waals surface area contributed by atoms with Crippen LogP contribution < -0.4 is 5.73 Å². The third kappa shape index (κ3) is 3.14. The van der Waals surface area contributed by atoms with Crippen molar-refractivity contribution in [1.82, 2.24) is 0 Å². The van der Waals surface area contributed by atoms with Crippen molar-refractivity contribution in [3.8, 4) is 0 Å². The van der Waals surface area contributed by atoms with Gasteiger partial charge in [0, 0.05) is 11.3 Å². The molecule has 21 heavy (non-hydrogen) atoms. The summed E-state index contributed by atoms with van der Waals surface area (Å²) in [5, 5.41) is 0. The second kappa shape index (κ2) is 5.34. The Balaban J connectivity index is 2.27. The Morgan fingerprint density at radius 2 is 2.14 bits per heavy atom. The van der Waals surface area contributed by atoms with Crippen molar-refractivity contribution in [3.05, 3.63) is 28.6 Å². The molecule has 0 aliphatic heterocycles. The zero-order valence-corrected chi connectivity index (χ0v) is 11.0. The maximum absolute atomic E-state index is 13.6. The van der Waals surface area contributed by atoms with E-state index in [0.29, 0.717) is 17.5 Å². The van der Waals surface area contributed by atoms with Gasteiger partial charge in [0.05, 0.1) is 0 Å². The van der Waals surface area contributed by atoms with Crippen molar-refractivity contribution in [2.45, 2.75) is 32.2 Å². The smallest absolute Gasteiger partial charge is 0.398 e. The Labute approximate surface area is 117 Å². The van der Waals surface area contributed by atoms with Crippen LogP contribution in [0.5, 0.6) is 0 Å². The van der Waals surface area contributed by atoms with Crippen LogP contribution >= 0.6 is 0 Å². The SMILES string of the molecule is Cc1c(F)cc(N)c2c1CCC(N=COC(F)(F)F)C2=O. The molecule has 2 rings (SSSR count). The molecule has 1 aliphatic rings. The van der Waals surface area contributed by atoms with Gasteiger partial charge in [0.1, 0.15) is 11.9 Å². The summed E-state index contributed by atoms with van der Waals surface area (Å²) >= 11 is 0. The summed E-state index contributed by atoms with van der Waals surface area (Å²) in [5.74, 6) is -1.04. The van der Waals surface area contributed by atoms with E-state index in [-0.39, 0.29) is 24.1 Å². The lowest BCUT2D eigenvalue weighted by Crippen LogP contribution is -2.28. The Bertz CT molecular complexity index is 611. The highest BCUT2D eigenvalue weighted by atomic mass is 19.4. The van der Waals surface area contributed by atoms with Crippen LogP contribution in [0.3, 0.4) is 0 Å². The van der Waals surface area contributed by atoms with Crippen LogP contribution in [0.2, 0.25) is 0 Å². The number of carbonyl (C=O) groups is 1. The number of nitrogens with two attached hydrogens (primary N) is 1. The number of fused-ring (bicyclic) bond motifs is 1. The highest BCUT2D eigenvalue weighted by Crippen LogP contribution is 2.32. The molecule has 8 heteroatoms. The quantitative estimate of drug-likeness (QED) is 0.395. The first kappa shape index (κ1) is 15.3. The Kier molecular flexibility index (Phi) is 3.89. The number of alkyl halides is 3. The lowest BCUT2D eigenvalue weighted by molar-refractivity contribution is -0.280. The third-order valence-electron chi connectivity index (χ3n) is 3.33. The molecule has 0 bridgehead atoms. The number of hydrogen-bond donors (Lipinski definition) is 1. The fourth-order valence-electron chi connectivity index (χ4n) is 2.31. The summed E-state index contributed by atoms with van der Waals surface area (Å²) in [5.41, 5.74) is 6.55. The molecule has 1 aromatic carbocycles. The molecule has 0 spiro atoms. The van der Waals surface area contributed by atoms with E-state index in [0.717, 1.165) is 6.07 Å². The second-order valence-corrected chi connectivity index (χ2v) is 4.66. The first-order valence-electron chi connectivity index (χ1n) is 6.08. The van der Waals surface area contributed by atoms with E-state index in [4.69, 9.17) is 5.73 Å². The molecule has 4 nitrogen and oxygen atoms in total. The minimum Gasteiger partial charge on any atom is -0.398 e. The van der Waals surface area contributed by atoms with Gasteiger partial charge >= 0.3 is 6.36 Å². The molecule has 0 amide bonds. The van der Waals surface area contributed by atoms with Gasteiger partial charge in [-0.15, -0.1) is 13.2 Å². The molecular formula is C13H12F4N2O2. The monoisotopic (exact) mass is 304 g/mol. The number of benzene rings is 1. The van der Waals surface area contributed by atoms with Crippen molar-refractivity contribution in [2.24, 2.45) is 4.99 Å². The maximum atomic E-state index is 13.6. The number of aliphatic imine (C=N–C) groups is 1. The predicted molar refractivity (Wildman–Crippen MR) is 67.6 cm³/mol. The van der Waals surface area contributed by atoms with Crippen LogP contribution in [0.25, 0.3) is 0 Å². The number of Topliss-reactive ketones (excluding diaryl/α,β-unsaturated/α-hetero) is 1. The highest BCUT2D eigenvalue weighted by Gasteiger charge is 2.32. The summed E-state index contributed by atoms with van der Waals surface area (Å²) in [6.45, 7) is 1.53. The van der Waals surface area contributed by atoms with Crippen molar-refractivity contribution < 1.29 is 27.1 Å². The number of carbonyl (C=O) groups excluding carboxylic acids is 1. The molecule has 0 radical (unpaired) electrons. The van der Waals surface area contributed by atoms with E-state index in [2.05, 4.69) is 9.73 Å². The summed E-state index contributed by atoms with van der Waals surface area (Å²) < 4.78 is 52.5. The molecule has 1 aromatic rings. The number of rotatable bonds is 2. The second-order valence-electron chi connectivity index (χ2n) is 4.66. The number of ether oxygens (including phenoxy) is 1. The Morgan fingerprint density at radius 1 is 1.48 bits per heavy atom. The Morgan fingerprint density at radius 3 is 2.76 bits per heavy atom. The fourth-order valence-corrected chi connectivity index (χ4v) is 2.31. The van der Waals surface area contributed by atoms with Gasteiger partial charge in [-0.3, -0.25) is 4.79 Å². The average Bonchev–Trinajstić information content (AvgIpc) is 2.36. The van der Waals surface area contributed by atoms with Gasteiger partial charge in [0.15, 0.2) is 12.2 Å². The first-order chi connectivity index (χ1) is 9.70. The average molecular weight is 304 g/mol. The zero-order valence-electron chi connectivity index (χ0n) is 11.0. The van der Waals surface area contributed by atoms with Crippen LogP contribution in [0, 0.1) is 12.7 Å². The largest absolute Gasteiger partial charge is 0.573 e. The van der Waals surface area contributed by atoms with Gasteiger partial charge in [0.2, 0.25) is 0 Å². The van der Waals surface area contributed by atoms with E-state index in [9.17, 15) is 22.4 Å². The summed E-state index contributed by atoms with van der Waals surface area (Å²) in [4.78, 5) is 15.7. The molecule has 2 N–H and O–H groups in total. The summed E-state index contributed by atoms with van der Waals surface area (Å²) in [7, 11) is 0. The number of hydrogen-bond acceptors (Lipinski definition) is 4. The van der Waals surface area contributed by atoms with E-state index in [1.54, 1.807) is 0 Å². The van der Waals surface area contributed by atoms with Crippen molar-refractivity contribution in [1.29, 1.82) is 0 Å². The molecule has 0 aromatic heterocycles.